The Morgan fingerprint density at radius 3 is 2.69 bits per heavy atom. The summed E-state index contributed by atoms with van der Waals surface area (Å²) in [5, 5.41) is 0.181. The van der Waals surface area contributed by atoms with Gasteiger partial charge in [0.15, 0.2) is 5.92 Å². The summed E-state index contributed by atoms with van der Waals surface area (Å²) in [7, 11) is 0. The highest BCUT2D eigenvalue weighted by atomic mass is 35.5. The van der Waals surface area contributed by atoms with E-state index in [2.05, 4.69) is 9.97 Å². The maximum absolute atomic E-state index is 11.5. The number of ether oxygens (including phenoxy) is 1. The Balaban J connectivity index is 3.03. The van der Waals surface area contributed by atoms with Crippen LogP contribution in [0.2, 0.25) is 5.15 Å². The molecular weight excluding hydrogens is 232 g/mol. The van der Waals surface area contributed by atoms with Gasteiger partial charge in [-0.05, 0) is 19.9 Å². The molecule has 1 atom stereocenters. The molecule has 0 amide bonds. The number of nitrogens with zero attached hydrogens (tertiary/aromatic N) is 2. The van der Waals surface area contributed by atoms with E-state index in [1.807, 2.05) is 0 Å². The van der Waals surface area contributed by atoms with E-state index in [9.17, 15) is 9.59 Å². The Morgan fingerprint density at radius 1 is 1.50 bits per heavy atom. The molecule has 1 unspecified atom stereocenters. The largest absolute Gasteiger partial charge is 0.465 e. The molecule has 1 aromatic heterocycles. The predicted molar refractivity (Wildman–Crippen MR) is 57.1 cm³/mol. The first-order chi connectivity index (χ1) is 7.56. The Hall–Kier alpha value is -1.49. The minimum absolute atomic E-state index is 0.181. The van der Waals surface area contributed by atoms with Gasteiger partial charge < -0.3 is 4.74 Å². The molecular formula is C10H11ClN2O3. The molecule has 0 aliphatic rings. The van der Waals surface area contributed by atoms with Crippen LogP contribution in [0.5, 0.6) is 0 Å². The van der Waals surface area contributed by atoms with E-state index in [4.69, 9.17) is 16.3 Å². The standard InChI is InChI=1S/C10H11ClN2O3/c1-3-16-10(15)9(6(2)14)7-4-8(11)13-5-12-7/h4-5,9H,3H2,1-2H3. The molecule has 5 nitrogen and oxygen atoms in total. The first-order valence-electron chi connectivity index (χ1n) is 4.70. The van der Waals surface area contributed by atoms with E-state index < -0.39 is 11.9 Å². The third-order valence-electron chi connectivity index (χ3n) is 1.88. The molecule has 1 rings (SSSR count). The monoisotopic (exact) mass is 242 g/mol. The van der Waals surface area contributed by atoms with Crippen molar-refractivity contribution in [3.8, 4) is 0 Å². The number of esters is 1. The zero-order chi connectivity index (χ0) is 12.1. The highest BCUT2D eigenvalue weighted by Crippen LogP contribution is 2.18. The van der Waals surface area contributed by atoms with Gasteiger partial charge in [0.05, 0.1) is 12.3 Å². The topological polar surface area (TPSA) is 69.2 Å². The molecule has 0 saturated carbocycles. The third kappa shape index (κ3) is 3.00. The van der Waals surface area contributed by atoms with Crippen molar-refractivity contribution >= 4 is 23.4 Å². The van der Waals surface area contributed by atoms with Gasteiger partial charge in [-0.15, -0.1) is 0 Å². The molecule has 0 N–H and O–H groups in total. The zero-order valence-electron chi connectivity index (χ0n) is 8.94. The summed E-state index contributed by atoms with van der Waals surface area (Å²) in [5.74, 6) is -1.99. The molecule has 1 heterocycles. The van der Waals surface area contributed by atoms with E-state index in [1.54, 1.807) is 6.92 Å². The van der Waals surface area contributed by atoms with Crippen LogP contribution >= 0.6 is 11.6 Å². The van der Waals surface area contributed by atoms with E-state index in [1.165, 1.54) is 19.3 Å². The van der Waals surface area contributed by atoms with Crippen LogP contribution in [0.15, 0.2) is 12.4 Å². The number of ketones is 1. The Bertz CT molecular complexity index is 409. The number of aromatic nitrogens is 2. The van der Waals surface area contributed by atoms with Gasteiger partial charge in [0.1, 0.15) is 17.3 Å². The van der Waals surface area contributed by atoms with Crippen molar-refractivity contribution in [1.82, 2.24) is 9.97 Å². The van der Waals surface area contributed by atoms with Crippen molar-refractivity contribution in [1.29, 1.82) is 0 Å². The summed E-state index contributed by atoms with van der Waals surface area (Å²) in [6, 6.07) is 1.38. The first kappa shape index (κ1) is 12.6. The molecule has 0 saturated heterocycles. The fourth-order valence-corrected chi connectivity index (χ4v) is 1.38. The summed E-state index contributed by atoms with van der Waals surface area (Å²) in [4.78, 5) is 30.4. The van der Waals surface area contributed by atoms with E-state index in [0.29, 0.717) is 0 Å². The number of halogens is 1. The molecule has 0 spiro atoms. The first-order valence-corrected chi connectivity index (χ1v) is 5.08. The number of carbonyl (C=O) groups is 2. The SMILES string of the molecule is CCOC(=O)C(C(C)=O)c1cc(Cl)ncn1. The van der Waals surface area contributed by atoms with Gasteiger partial charge in [-0.3, -0.25) is 9.59 Å². The third-order valence-corrected chi connectivity index (χ3v) is 2.09. The summed E-state index contributed by atoms with van der Waals surface area (Å²) in [6.07, 6.45) is 1.20. The summed E-state index contributed by atoms with van der Waals surface area (Å²) >= 11 is 5.66. The molecule has 0 aromatic carbocycles. The lowest BCUT2D eigenvalue weighted by Crippen LogP contribution is -2.23. The lowest BCUT2D eigenvalue weighted by Gasteiger charge is -2.11. The van der Waals surface area contributed by atoms with Gasteiger partial charge >= 0.3 is 5.97 Å². The van der Waals surface area contributed by atoms with Crippen LogP contribution in [0, 0.1) is 0 Å². The van der Waals surface area contributed by atoms with Crippen LogP contribution in [0.3, 0.4) is 0 Å². The quantitative estimate of drug-likeness (QED) is 0.453. The van der Waals surface area contributed by atoms with Crippen LogP contribution in [-0.4, -0.2) is 28.3 Å². The fourth-order valence-electron chi connectivity index (χ4n) is 1.23. The van der Waals surface area contributed by atoms with Gasteiger partial charge in [0.2, 0.25) is 0 Å². The van der Waals surface area contributed by atoms with Gasteiger partial charge in [-0.25, -0.2) is 9.97 Å². The van der Waals surface area contributed by atoms with Crippen LogP contribution in [0.1, 0.15) is 25.5 Å². The average Bonchev–Trinajstić information content (AvgIpc) is 2.17. The van der Waals surface area contributed by atoms with Gasteiger partial charge in [0.25, 0.3) is 0 Å². The highest BCUT2D eigenvalue weighted by molar-refractivity contribution is 6.29. The van der Waals surface area contributed by atoms with E-state index in [0.717, 1.165) is 0 Å². The minimum Gasteiger partial charge on any atom is -0.465 e. The Labute approximate surface area is 97.8 Å². The number of rotatable bonds is 4. The van der Waals surface area contributed by atoms with Crippen LogP contribution < -0.4 is 0 Å². The van der Waals surface area contributed by atoms with E-state index >= 15 is 0 Å². The maximum atomic E-state index is 11.5. The number of hydrogen-bond donors (Lipinski definition) is 0. The second kappa shape index (κ2) is 5.55. The molecule has 0 bridgehead atoms. The minimum atomic E-state index is -1.03. The lowest BCUT2D eigenvalue weighted by molar-refractivity contribution is -0.147. The normalized spacial score (nSPS) is 11.9. The molecule has 0 aliphatic carbocycles. The highest BCUT2D eigenvalue weighted by Gasteiger charge is 2.28. The molecule has 0 fully saturated rings. The summed E-state index contributed by atoms with van der Waals surface area (Å²) in [6.45, 7) is 3.18. The van der Waals surface area contributed by atoms with Crippen LogP contribution in [0.25, 0.3) is 0 Å². The van der Waals surface area contributed by atoms with E-state index in [-0.39, 0.29) is 23.2 Å². The van der Waals surface area contributed by atoms with Crippen LogP contribution in [0.4, 0.5) is 0 Å². The van der Waals surface area contributed by atoms with Gasteiger partial charge in [-0.2, -0.15) is 0 Å². The lowest BCUT2D eigenvalue weighted by atomic mass is 10.0. The maximum Gasteiger partial charge on any atom is 0.322 e. The summed E-state index contributed by atoms with van der Waals surface area (Å²) in [5.41, 5.74) is 0.256. The molecule has 6 heteroatoms. The van der Waals surface area contributed by atoms with Gasteiger partial charge in [-0.1, -0.05) is 11.6 Å². The molecule has 0 aliphatic heterocycles. The number of Topliss-reactive ketones (excluding diaryl/α,β-unsaturated/α-hetero) is 1. The van der Waals surface area contributed by atoms with Crippen LogP contribution in [-0.2, 0) is 14.3 Å². The molecule has 16 heavy (non-hydrogen) atoms. The molecule has 0 radical (unpaired) electrons. The second-order valence-corrected chi connectivity index (χ2v) is 3.45. The number of hydrogen-bond acceptors (Lipinski definition) is 5. The van der Waals surface area contributed by atoms with Gasteiger partial charge in [0, 0.05) is 0 Å². The van der Waals surface area contributed by atoms with Crippen molar-refractivity contribution in [3.63, 3.8) is 0 Å². The smallest absolute Gasteiger partial charge is 0.322 e. The molecule has 86 valence electrons. The van der Waals surface area contributed by atoms with Crippen molar-refractivity contribution < 1.29 is 14.3 Å². The number of carbonyl (C=O) groups excluding carboxylic acids is 2. The Morgan fingerprint density at radius 2 is 2.19 bits per heavy atom. The van der Waals surface area contributed by atoms with Crippen molar-refractivity contribution in [2.45, 2.75) is 19.8 Å². The average molecular weight is 243 g/mol. The second-order valence-electron chi connectivity index (χ2n) is 3.06. The fraction of sp³-hybridized carbons (Fsp3) is 0.400. The van der Waals surface area contributed by atoms with Crippen molar-refractivity contribution in [2.24, 2.45) is 0 Å². The van der Waals surface area contributed by atoms with Crippen molar-refractivity contribution in [2.75, 3.05) is 6.61 Å². The predicted octanol–water partition coefficient (Wildman–Crippen LogP) is 1.37. The summed E-state index contributed by atoms with van der Waals surface area (Å²) < 4.78 is 4.80. The Kier molecular flexibility index (Phi) is 4.37. The van der Waals surface area contributed by atoms with Crippen molar-refractivity contribution in [3.05, 3.63) is 23.2 Å². The zero-order valence-corrected chi connectivity index (χ0v) is 9.69. The molecule has 1 aromatic rings.